The normalized spacial score (nSPS) is 35.2. The molecule has 0 radical (unpaired) electrons. The van der Waals surface area contributed by atoms with Crippen molar-refractivity contribution in [1.29, 1.82) is 0 Å². The van der Waals surface area contributed by atoms with E-state index in [-0.39, 0.29) is 3.23 Å². The van der Waals surface area contributed by atoms with Crippen molar-refractivity contribution in [1.82, 2.24) is 0 Å². The van der Waals surface area contributed by atoms with Crippen LogP contribution in [-0.4, -0.2) is 3.23 Å². The highest BCUT2D eigenvalue weighted by Gasteiger charge is 2.44. The third-order valence-corrected chi connectivity index (χ3v) is 5.65. The first kappa shape index (κ1) is 10.0. The third kappa shape index (κ3) is 2.00. The van der Waals surface area contributed by atoms with E-state index in [2.05, 4.69) is 52.6 Å². The Labute approximate surface area is 86.4 Å². The lowest BCUT2D eigenvalue weighted by Gasteiger charge is -2.44. The zero-order valence-corrected chi connectivity index (χ0v) is 10.6. The molecule has 1 fully saturated rings. The molecule has 0 saturated heterocycles. The van der Waals surface area contributed by atoms with Gasteiger partial charge in [-0.25, -0.2) is 0 Å². The van der Waals surface area contributed by atoms with Crippen molar-refractivity contribution in [3.05, 3.63) is 0 Å². The lowest BCUT2D eigenvalue weighted by molar-refractivity contribution is 0.201. The van der Waals surface area contributed by atoms with Crippen LogP contribution >= 0.6 is 31.9 Å². The molecule has 66 valence electrons. The summed E-state index contributed by atoms with van der Waals surface area (Å²) in [6, 6.07) is 0. The second-order valence-corrected chi connectivity index (χ2v) is 8.21. The van der Waals surface area contributed by atoms with Crippen LogP contribution in [-0.2, 0) is 0 Å². The SMILES string of the molecule is CC1CCC(C)(C)C(Br)(Br)C1. The molecule has 1 atom stereocenters. The lowest BCUT2D eigenvalue weighted by atomic mass is 9.73. The fourth-order valence-electron chi connectivity index (χ4n) is 1.61. The second kappa shape index (κ2) is 3.02. The van der Waals surface area contributed by atoms with E-state index in [1.165, 1.54) is 19.3 Å². The predicted molar refractivity (Wildman–Crippen MR) is 57.4 cm³/mol. The fourth-order valence-corrected chi connectivity index (χ4v) is 3.11. The van der Waals surface area contributed by atoms with Gasteiger partial charge in [0.2, 0.25) is 0 Å². The molecular weight excluding hydrogens is 268 g/mol. The quantitative estimate of drug-likeness (QED) is 0.581. The van der Waals surface area contributed by atoms with Crippen molar-refractivity contribution in [2.45, 2.75) is 43.3 Å². The predicted octanol–water partition coefficient (Wildman–Crippen LogP) is 4.32. The molecule has 0 heterocycles. The molecule has 1 unspecified atom stereocenters. The summed E-state index contributed by atoms with van der Waals surface area (Å²) in [4.78, 5) is 0. The fraction of sp³-hybridized carbons (Fsp3) is 1.00. The molecule has 0 N–H and O–H groups in total. The molecule has 1 rings (SSSR count). The van der Waals surface area contributed by atoms with Gasteiger partial charge in [-0.2, -0.15) is 0 Å². The molecule has 0 nitrogen and oxygen atoms in total. The molecule has 1 saturated carbocycles. The van der Waals surface area contributed by atoms with Gasteiger partial charge < -0.3 is 0 Å². The Kier molecular flexibility index (Phi) is 2.76. The number of hydrogen-bond acceptors (Lipinski definition) is 0. The summed E-state index contributed by atoms with van der Waals surface area (Å²) < 4.78 is 0.171. The lowest BCUT2D eigenvalue weighted by Crippen LogP contribution is -2.39. The summed E-state index contributed by atoms with van der Waals surface area (Å²) in [5.41, 5.74) is 0.388. The van der Waals surface area contributed by atoms with Gasteiger partial charge in [-0.3, -0.25) is 0 Å². The van der Waals surface area contributed by atoms with Crippen LogP contribution in [0.2, 0.25) is 0 Å². The topological polar surface area (TPSA) is 0 Å². The Morgan fingerprint density at radius 3 is 2.18 bits per heavy atom. The Morgan fingerprint density at radius 1 is 1.27 bits per heavy atom. The van der Waals surface area contributed by atoms with Gasteiger partial charge in [0.05, 0.1) is 3.23 Å². The Hall–Kier alpha value is 0.960. The van der Waals surface area contributed by atoms with Crippen molar-refractivity contribution in [2.75, 3.05) is 0 Å². The minimum absolute atomic E-state index is 0.171. The summed E-state index contributed by atoms with van der Waals surface area (Å²) >= 11 is 7.54. The van der Waals surface area contributed by atoms with E-state index in [0.717, 1.165) is 5.92 Å². The molecule has 0 amide bonds. The summed E-state index contributed by atoms with van der Waals surface area (Å²) in [5.74, 6) is 0.849. The van der Waals surface area contributed by atoms with Crippen LogP contribution in [0, 0.1) is 11.3 Å². The molecule has 2 heteroatoms. The van der Waals surface area contributed by atoms with Crippen LogP contribution in [0.4, 0.5) is 0 Å². The molecule has 1 aliphatic rings. The molecule has 0 bridgehead atoms. The zero-order valence-electron chi connectivity index (χ0n) is 7.45. The van der Waals surface area contributed by atoms with E-state index in [1.807, 2.05) is 0 Å². The standard InChI is InChI=1S/C9H16Br2/c1-7-4-5-8(2,3)9(10,11)6-7/h7H,4-6H2,1-3H3. The smallest absolute Gasteiger partial charge is 0.0721 e. The molecule has 11 heavy (non-hydrogen) atoms. The highest BCUT2D eigenvalue weighted by atomic mass is 79.9. The van der Waals surface area contributed by atoms with Crippen LogP contribution in [0.1, 0.15) is 40.0 Å². The van der Waals surface area contributed by atoms with Gasteiger partial charge in [0.15, 0.2) is 0 Å². The Balaban J connectivity index is 2.72. The Morgan fingerprint density at radius 2 is 1.82 bits per heavy atom. The molecule has 0 aromatic heterocycles. The molecule has 1 aliphatic carbocycles. The van der Waals surface area contributed by atoms with E-state index in [0.29, 0.717) is 5.41 Å². The van der Waals surface area contributed by atoms with E-state index in [1.54, 1.807) is 0 Å². The summed E-state index contributed by atoms with van der Waals surface area (Å²) in [6.45, 7) is 6.97. The van der Waals surface area contributed by atoms with Gasteiger partial charge in [-0.05, 0) is 24.2 Å². The van der Waals surface area contributed by atoms with Crippen LogP contribution < -0.4 is 0 Å². The Bertz CT molecular complexity index is 150. The number of hydrogen-bond donors (Lipinski definition) is 0. The van der Waals surface area contributed by atoms with Gasteiger partial charge in [0, 0.05) is 0 Å². The van der Waals surface area contributed by atoms with E-state index < -0.39 is 0 Å². The maximum atomic E-state index is 3.77. The van der Waals surface area contributed by atoms with E-state index in [4.69, 9.17) is 0 Å². The number of rotatable bonds is 0. The minimum atomic E-state index is 0.171. The van der Waals surface area contributed by atoms with Crippen molar-refractivity contribution < 1.29 is 0 Å². The first-order chi connectivity index (χ1) is 4.85. The molecular formula is C9H16Br2. The van der Waals surface area contributed by atoms with Crippen LogP contribution in [0.5, 0.6) is 0 Å². The van der Waals surface area contributed by atoms with Gasteiger partial charge in [-0.15, -0.1) is 0 Å². The minimum Gasteiger partial charge on any atom is -0.0721 e. The summed E-state index contributed by atoms with van der Waals surface area (Å²) in [6.07, 6.45) is 3.91. The van der Waals surface area contributed by atoms with Crippen LogP contribution in [0.15, 0.2) is 0 Å². The number of alkyl halides is 2. The maximum absolute atomic E-state index is 3.77. The average Bonchev–Trinajstić information content (AvgIpc) is 1.80. The first-order valence-corrected chi connectivity index (χ1v) is 5.81. The largest absolute Gasteiger partial charge is 0.0858 e. The highest BCUT2D eigenvalue weighted by Crippen LogP contribution is 2.54. The van der Waals surface area contributed by atoms with Crippen LogP contribution in [0.25, 0.3) is 0 Å². The molecule has 0 spiro atoms. The molecule has 0 aromatic rings. The highest BCUT2D eigenvalue weighted by molar-refractivity contribution is 9.25. The van der Waals surface area contributed by atoms with Gasteiger partial charge in [0.25, 0.3) is 0 Å². The van der Waals surface area contributed by atoms with Gasteiger partial charge >= 0.3 is 0 Å². The zero-order chi connectivity index (χ0) is 8.70. The molecule has 0 aliphatic heterocycles. The summed E-state index contributed by atoms with van der Waals surface area (Å²) in [5, 5.41) is 0. The average molecular weight is 284 g/mol. The van der Waals surface area contributed by atoms with Crippen LogP contribution in [0.3, 0.4) is 0 Å². The summed E-state index contributed by atoms with van der Waals surface area (Å²) in [7, 11) is 0. The van der Waals surface area contributed by atoms with Crippen molar-refractivity contribution >= 4 is 31.9 Å². The third-order valence-electron chi connectivity index (χ3n) is 2.86. The molecule has 0 aromatic carbocycles. The van der Waals surface area contributed by atoms with Crippen molar-refractivity contribution in [3.8, 4) is 0 Å². The van der Waals surface area contributed by atoms with Crippen molar-refractivity contribution in [3.63, 3.8) is 0 Å². The first-order valence-electron chi connectivity index (χ1n) is 4.23. The maximum Gasteiger partial charge on any atom is 0.0858 e. The van der Waals surface area contributed by atoms with E-state index in [9.17, 15) is 0 Å². The number of halogens is 2. The van der Waals surface area contributed by atoms with Gasteiger partial charge in [-0.1, -0.05) is 59.1 Å². The van der Waals surface area contributed by atoms with Gasteiger partial charge in [0.1, 0.15) is 0 Å². The second-order valence-electron chi connectivity index (χ2n) is 4.44. The van der Waals surface area contributed by atoms with Crippen molar-refractivity contribution in [2.24, 2.45) is 11.3 Å². The monoisotopic (exact) mass is 282 g/mol. The van der Waals surface area contributed by atoms with E-state index >= 15 is 0 Å².